The number of fused-ring (bicyclic) bond motifs is 1. The smallest absolute Gasteiger partial charge is 0.231 e. The van der Waals surface area contributed by atoms with Gasteiger partial charge in [0.05, 0.1) is 13.7 Å². The number of ether oxygens (including phenoxy) is 4. The topological polar surface area (TPSA) is 54.0 Å². The van der Waals surface area contributed by atoms with Crippen LogP contribution >= 0.6 is 0 Å². The molecule has 1 aliphatic heterocycles. The van der Waals surface area contributed by atoms with Crippen molar-refractivity contribution in [1.82, 2.24) is 0 Å². The Bertz CT molecular complexity index is 795. The summed E-state index contributed by atoms with van der Waals surface area (Å²) >= 11 is 0. The maximum absolute atomic E-state index is 12.4. The van der Waals surface area contributed by atoms with Crippen LogP contribution in [0.15, 0.2) is 42.5 Å². The molecule has 0 aliphatic carbocycles. The van der Waals surface area contributed by atoms with E-state index in [0.717, 1.165) is 12.0 Å². The molecule has 0 unspecified atom stereocenters. The first-order valence-corrected chi connectivity index (χ1v) is 8.14. The highest BCUT2D eigenvalue weighted by Crippen LogP contribution is 2.33. The van der Waals surface area contributed by atoms with Crippen molar-refractivity contribution in [3.63, 3.8) is 0 Å². The fraction of sp³-hybridized carbons (Fsp3) is 0.250. The minimum Gasteiger partial charge on any atom is -0.493 e. The summed E-state index contributed by atoms with van der Waals surface area (Å²) in [7, 11) is 1.60. The summed E-state index contributed by atoms with van der Waals surface area (Å²) in [5.74, 6) is 2.49. The summed E-state index contributed by atoms with van der Waals surface area (Å²) in [6.07, 6.45) is 4.19. The summed E-state index contributed by atoms with van der Waals surface area (Å²) in [6.45, 7) is 2.84. The zero-order chi connectivity index (χ0) is 17.6. The molecule has 0 fully saturated rings. The van der Waals surface area contributed by atoms with Crippen molar-refractivity contribution < 1.29 is 23.7 Å². The average molecular weight is 340 g/mol. The summed E-state index contributed by atoms with van der Waals surface area (Å²) in [5.41, 5.74) is 1.41. The molecule has 3 rings (SSSR count). The second-order valence-corrected chi connectivity index (χ2v) is 5.52. The SMILES string of the molecule is CCCOc1cc(/C=C/C(=O)c2ccc3c(c2)OCO3)ccc1OC. The zero-order valence-corrected chi connectivity index (χ0v) is 14.3. The standard InChI is InChI=1S/C20H20O5/c1-3-10-23-19-11-14(5-8-17(19)22-2)4-7-16(21)15-6-9-18-20(12-15)25-13-24-18/h4-9,11-12H,3,10,13H2,1-2H3/b7-4+. The van der Waals surface area contributed by atoms with E-state index in [9.17, 15) is 4.79 Å². The van der Waals surface area contributed by atoms with E-state index in [1.54, 1.807) is 31.4 Å². The van der Waals surface area contributed by atoms with Crippen LogP contribution in [0, 0.1) is 0 Å². The van der Waals surface area contributed by atoms with Gasteiger partial charge < -0.3 is 18.9 Å². The predicted molar refractivity (Wildman–Crippen MR) is 94.7 cm³/mol. The van der Waals surface area contributed by atoms with Crippen molar-refractivity contribution in [3.05, 3.63) is 53.6 Å². The minimum absolute atomic E-state index is 0.106. The van der Waals surface area contributed by atoms with Gasteiger partial charge in [-0.25, -0.2) is 0 Å². The van der Waals surface area contributed by atoms with Crippen molar-refractivity contribution >= 4 is 11.9 Å². The number of benzene rings is 2. The van der Waals surface area contributed by atoms with Gasteiger partial charge in [0.2, 0.25) is 6.79 Å². The lowest BCUT2D eigenvalue weighted by atomic mass is 10.1. The number of hydrogen-bond donors (Lipinski definition) is 0. The molecule has 0 saturated heterocycles. The summed E-state index contributed by atoms with van der Waals surface area (Å²) < 4.78 is 21.5. The largest absolute Gasteiger partial charge is 0.493 e. The lowest BCUT2D eigenvalue weighted by Gasteiger charge is -2.10. The lowest BCUT2D eigenvalue weighted by Crippen LogP contribution is -1.98. The lowest BCUT2D eigenvalue weighted by molar-refractivity contribution is 0.104. The highest BCUT2D eigenvalue weighted by atomic mass is 16.7. The van der Waals surface area contributed by atoms with Crippen molar-refractivity contribution in [2.75, 3.05) is 20.5 Å². The Balaban J connectivity index is 1.75. The Labute approximate surface area is 146 Å². The van der Waals surface area contributed by atoms with Gasteiger partial charge in [0, 0.05) is 5.56 Å². The minimum atomic E-state index is -0.106. The van der Waals surface area contributed by atoms with Crippen molar-refractivity contribution in [2.24, 2.45) is 0 Å². The van der Waals surface area contributed by atoms with Crippen LogP contribution in [-0.4, -0.2) is 26.3 Å². The molecule has 1 aliphatic rings. The molecule has 0 radical (unpaired) electrons. The molecule has 130 valence electrons. The number of carbonyl (C=O) groups excluding carboxylic acids is 1. The molecule has 1 heterocycles. The maximum Gasteiger partial charge on any atom is 0.231 e. The van der Waals surface area contributed by atoms with Crippen LogP contribution in [0.4, 0.5) is 0 Å². The Kier molecular flexibility index (Phi) is 5.23. The number of methoxy groups -OCH3 is 1. The van der Waals surface area contributed by atoms with Crippen molar-refractivity contribution in [1.29, 1.82) is 0 Å². The first kappa shape index (κ1) is 16.9. The Morgan fingerprint density at radius 3 is 2.76 bits per heavy atom. The van der Waals surface area contributed by atoms with E-state index < -0.39 is 0 Å². The van der Waals surface area contributed by atoms with Crippen LogP contribution in [0.3, 0.4) is 0 Å². The number of hydrogen-bond acceptors (Lipinski definition) is 5. The Hall–Kier alpha value is -2.95. The number of allylic oxidation sites excluding steroid dienone is 1. The summed E-state index contributed by atoms with van der Waals surface area (Å²) in [6, 6.07) is 10.7. The maximum atomic E-state index is 12.4. The van der Waals surface area contributed by atoms with Gasteiger partial charge in [-0.15, -0.1) is 0 Å². The van der Waals surface area contributed by atoms with Gasteiger partial charge in [0.25, 0.3) is 0 Å². The van der Waals surface area contributed by atoms with E-state index in [1.807, 2.05) is 25.1 Å². The molecule has 0 bridgehead atoms. The number of ketones is 1. The average Bonchev–Trinajstić information content (AvgIpc) is 3.12. The molecule has 2 aromatic carbocycles. The zero-order valence-electron chi connectivity index (χ0n) is 14.3. The molecule has 0 spiro atoms. The third-order valence-corrected chi connectivity index (χ3v) is 3.73. The van der Waals surface area contributed by atoms with Crippen LogP contribution in [0.2, 0.25) is 0 Å². The van der Waals surface area contributed by atoms with E-state index in [4.69, 9.17) is 18.9 Å². The third-order valence-electron chi connectivity index (χ3n) is 3.73. The molecule has 5 heteroatoms. The number of carbonyl (C=O) groups is 1. The molecule has 25 heavy (non-hydrogen) atoms. The first-order chi connectivity index (χ1) is 12.2. The quantitative estimate of drug-likeness (QED) is 0.561. The normalized spacial score (nSPS) is 12.4. The van der Waals surface area contributed by atoms with E-state index in [2.05, 4.69) is 0 Å². The monoisotopic (exact) mass is 340 g/mol. The molecular formula is C20H20O5. The molecule has 0 N–H and O–H groups in total. The number of rotatable bonds is 7. The van der Waals surface area contributed by atoms with Gasteiger partial charge in [-0.2, -0.15) is 0 Å². The van der Waals surface area contributed by atoms with E-state index in [-0.39, 0.29) is 12.6 Å². The molecule has 0 saturated carbocycles. The van der Waals surface area contributed by atoms with E-state index in [1.165, 1.54) is 6.08 Å². The van der Waals surface area contributed by atoms with Gasteiger partial charge in [-0.3, -0.25) is 4.79 Å². The van der Waals surface area contributed by atoms with Gasteiger partial charge in [-0.1, -0.05) is 19.1 Å². The van der Waals surface area contributed by atoms with Crippen LogP contribution in [0.1, 0.15) is 29.3 Å². The summed E-state index contributed by atoms with van der Waals surface area (Å²) in [4.78, 5) is 12.4. The first-order valence-electron chi connectivity index (χ1n) is 8.14. The molecule has 5 nitrogen and oxygen atoms in total. The van der Waals surface area contributed by atoms with Crippen LogP contribution in [-0.2, 0) is 0 Å². The van der Waals surface area contributed by atoms with Crippen molar-refractivity contribution in [3.8, 4) is 23.0 Å². The van der Waals surface area contributed by atoms with Crippen LogP contribution in [0.5, 0.6) is 23.0 Å². The van der Waals surface area contributed by atoms with Gasteiger partial charge in [0.15, 0.2) is 28.8 Å². The molecule has 2 aromatic rings. The van der Waals surface area contributed by atoms with Crippen LogP contribution < -0.4 is 18.9 Å². The van der Waals surface area contributed by atoms with E-state index >= 15 is 0 Å². The van der Waals surface area contributed by atoms with Crippen LogP contribution in [0.25, 0.3) is 6.08 Å². The highest BCUT2D eigenvalue weighted by Gasteiger charge is 2.15. The van der Waals surface area contributed by atoms with Crippen molar-refractivity contribution in [2.45, 2.75) is 13.3 Å². The van der Waals surface area contributed by atoms with Gasteiger partial charge in [0.1, 0.15) is 0 Å². The molecule has 0 amide bonds. The van der Waals surface area contributed by atoms with E-state index in [0.29, 0.717) is 35.2 Å². The Morgan fingerprint density at radius 1 is 1.12 bits per heavy atom. The molecule has 0 aromatic heterocycles. The van der Waals surface area contributed by atoms with Gasteiger partial charge >= 0.3 is 0 Å². The second-order valence-electron chi connectivity index (χ2n) is 5.52. The summed E-state index contributed by atoms with van der Waals surface area (Å²) in [5, 5.41) is 0. The third kappa shape index (κ3) is 3.94. The highest BCUT2D eigenvalue weighted by molar-refractivity contribution is 6.07. The molecular weight excluding hydrogens is 320 g/mol. The fourth-order valence-corrected chi connectivity index (χ4v) is 2.44. The second kappa shape index (κ2) is 7.75. The Morgan fingerprint density at radius 2 is 1.96 bits per heavy atom. The predicted octanol–water partition coefficient (Wildman–Crippen LogP) is 4.11. The van der Waals surface area contributed by atoms with Gasteiger partial charge in [-0.05, 0) is 48.4 Å². The fourth-order valence-electron chi connectivity index (χ4n) is 2.44. The molecule has 0 atom stereocenters.